The summed E-state index contributed by atoms with van der Waals surface area (Å²) in [4.78, 5) is 65.1. The number of aromatic amines is 2. The fourth-order valence-corrected chi connectivity index (χ4v) is 5.75. The minimum atomic E-state index is -0.658. The van der Waals surface area contributed by atoms with E-state index < -0.39 is 18.0 Å². The highest BCUT2D eigenvalue weighted by Crippen LogP contribution is 2.32. The number of likely N-dealkylation sites (N-methyl/N-ethyl adjacent to an activating group) is 1. The number of likely N-dealkylation sites (tertiary alicyclic amines) is 1. The van der Waals surface area contributed by atoms with Gasteiger partial charge in [0.2, 0.25) is 17.7 Å². The highest BCUT2D eigenvalue weighted by atomic mass is 16.5. The number of unbranched alkanes of at least 4 members (excludes halogenated alkanes) is 1. The molecule has 1 aliphatic rings. The Morgan fingerprint density at radius 2 is 1.84 bits per heavy atom. The van der Waals surface area contributed by atoms with Gasteiger partial charge in [-0.3, -0.25) is 14.4 Å². The van der Waals surface area contributed by atoms with Crippen LogP contribution < -0.4 is 21.7 Å². The zero-order valence-corrected chi connectivity index (χ0v) is 27.6. The normalized spacial score (nSPS) is 14.6. The lowest BCUT2D eigenvalue weighted by molar-refractivity contribution is -0.136. The molecule has 2 atom stereocenters. The molecule has 4 aromatic rings. The number of nitrogens with zero attached hydrogens (tertiary/aromatic N) is 3. The van der Waals surface area contributed by atoms with Crippen molar-refractivity contribution in [1.82, 2.24) is 40.8 Å². The van der Waals surface area contributed by atoms with Crippen LogP contribution in [0.2, 0.25) is 0 Å². The Labute approximate surface area is 284 Å². The van der Waals surface area contributed by atoms with E-state index in [1.807, 2.05) is 42.5 Å². The minimum absolute atomic E-state index is 0.0530. The molecule has 3 heterocycles. The Morgan fingerprint density at radius 1 is 1.06 bits per heavy atom. The first-order chi connectivity index (χ1) is 23.7. The predicted octanol–water partition coefficient (Wildman–Crippen LogP) is 2.27. The molecule has 14 heteroatoms. The number of primary amides is 1. The number of H-pyrrole nitrogens is 2. The monoisotopic (exact) mass is 667 g/mol. The molecule has 1 aliphatic heterocycles. The third-order valence-electron chi connectivity index (χ3n) is 8.32. The quantitative estimate of drug-likeness (QED) is 0.0921. The summed E-state index contributed by atoms with van der Waals surface area (Å²) < 4.78 is 4.44. The summed E-state index contributed by atoms with van der Waals surface area (Å²) in [6.07, 6.45) is 5.06. The Hall–Kier alpha value is -5.68. The molecule has 4 amide bonds. The average molecular weight is 668 g/mol. The van der Waals surface area contributed by atoms with Crippen molar-refractivity contribution in [1.29, 1.82) is 0 Å². The number of nitrogens with one attached hydrogen (secondary N) is 5. The lowest BCUT2D eigenvalue weighted by atomic mass is 10.1. The third kappa shape index (κ3) is 9.23. The molecule has 1 saturated heterocycles. The molecule has 1 fully saturated rings. The molecular formula is C35H41N9O5. The van der Waals surface area contributed by atoms with Crippen molar-refractivity contribution in [2.24, 2.45) is 5.73 Å². The fraction of sp³-hybridized carbons (Fsp3) is 0.371. The van der Waals surface area contributed by atoms with Gasteiger partial charge in [0.1, 0.15) is 11.6 Å². The molecule has 14 nitrogen and oxygen atoms in total. The van der Waals surface area contributed by atoms with Crippen LogP contribution in [-0.2, 0) is 25.5 Å². The maximum atomic E-state index is 13.1. The zero-order valence-electron chi connectivity index (χ0n) is 27.6. The Balaban J connectivity index is 1.14. The van der Waals surface area contributed by atoms with E-state index in [-0.39, 0.29) is 30.8 Å². The number of fused-ring (bicyclic) bond motifs is 1. The van der Waals surface area contributed by atoms with Crippen LogP contribution in [0, 0.1) is 11.8 Å². The number of aromatic nitrogens is 4. The molecule has 256 valence electrons. The number of ether oxygens (including phenoxy) is 1. The van der Waals surface area contributed by atoms with E-state index in [0.717, 1.165) is 71.3 Å². The van der Waals surface area contributed by atoms with Gasteiger partial charge in [-0.25, -0.2) is 14.8 Å². The van der Waals surface area contributed by atoms with Crippen molar-refractivity contribution in [2.45, 2.75) is 50.6 Å². The molecule has 0 spiro atoms. The topological polar surface area (TPSA) is 200 Å². The zero-order chi connectivity index (χ0) is 34.8. The second kappa shape index (κ2) is 16.4. The number of aryl methyl sites for hydroxylation is 1. The second-order valence-electron chi connectivity index (χ2n) is 11.8. The van der Waals surface area contributed by atoms with Crippen molar-refractivity contribution in [3.05, 3.63) is 71.4 Å². The van der Waals surface area contributed by atoms with Gasteiger partial charge >= 0.3 is 6.09 Å². The van der Waals surface area contributed by atoms with E-state index in [2.05, 4.69) is 52.5 Å². The number of hydrogen-bond acceptors (Lipinski definition) is 8. The van der Waals surface area contributed by atoms with E-state index in [1.54, 1.807) is 18.1 Å². The van der Waals surface area contributed by atoms with E-state index >= 15 is 0 Å². The maximum Gasteiger partial charge on any atom is 0.407 e. The molecule has 2 aromatic carbocycles. The fourth-order valence-electron chi connectivity index (χ4n) is 5.75. The molecule has 0 aliphatic carbocycles. The molecule has 0 radical (unpaired) electrons. The number of hydrogen-bond donors (Lipinski definition) is 6. The summed E-state index contributed by atoms with van der Waals surface area (Å²) in [6, 6.07) is 12.9. The van der Waals surface area contributed by atoms with Gasteiger partial charge in [-0.1, -0.05) is 24.0 Å². The minimum Gasteiger partial charge on any atom is -0.453 e. The van der Waals surface area contributed by atoms with Gasteiger partial charge < -0.3 is 41.3 Å². The molecule has 49 heavy (non-hydrogen) atoms. The van der Waals surface area contributed by atoms with Gasteiger partial charge in [0, 0.05) is 30.6 Å². The van der Waals surface area contributed by atoms with Gasteiger partial charge in [-0.15, -0.1) is 0 Å². The number of carbonyl (C=O) groups excluding carboxylic acids is 4. The molecule has 5 rings (SSSR count). The largest absolute Gasteiger partial charge is 0.453 e. The smallest absolute Gasteiger partial charge is 0.407 e. The predicted molar refractivity (Wildman–Crippen MR) is 183 cm³/mol. The lowest BCUT2D eigenvalue weighted by Crippen LogP contribution is -2.46. The number of imidazole rings is 2. The van der Waals surface area contributed by atoms with Gasteiger partial charge in [-0.2, -0.15) is 0 Å². The first-order valence-corrected chi connectivity index (χ1v) is 16.2. The van der Waals surface area contributed by atoms with Crippen molar-refractivity contribution in [3.63, 3.8) is 0 Å². The van der Waals surface area contributed by atoms with E-state index in [1.165, 1.54) is 7.11 Å². The second-order valence-corrected chi connectivity index (χ2v) is 11.8. The maximum absolute atomic E-state index is 13.1. The molecule has 7 N–H and O–H groups in total. The number of alkyl carbamates (subject to hydrolysis) is 1. The van der Waals surface area contributed by atoms with Crippen LogP contribution in [0.15, 0.2) is 48.7 Å². The van der Waals surface area contributed by atoms with Crippen LogP contribution in [0.4, 0.5) is 4.79 Å². The number of benzene rings is 2. The van der Waals surface area contributed by atoms with Crippen LogP contribution in [0.25, 0.3) is 22.3 Å². The third-order valence-corrected chi connectivity index (χ3v) is 8.32. The van der Waals surface area contributed by atoms with Crippen molar-refractivity contribution >= 4 is 34.8 Å². The van der Waals surface area contributed by atoms with Crippen molar-refractivity contribution in [3.8, 4) is 23.1 Å². The SMILES string of the molecule is CNC(CC(N)=O)C(=O)N1CCCC1c1ncc(-c2ccc(C#Cc3ccc4nc(CCCCNC(=O)CNC(=O)OC)[nH]c4c3)cc2)[nH]1. The van der Waals surface area contributed by atoms with Crippen LogP contribution in [0.5, 0.6) is 0 Å². The summed E-state index contributed by atoms with van der Waals surface area (Å²) in [7, 11) is 2.90. The van der Waals surface area contributed by atoms with Gasteiger partial charge in [-0.05, 0) is 68.6 Å². The van der Waals surface area contributed by atoms with Crippen LogP contribution in [-0.4, -0.2) is 88.5 Å². The molecule has 2 aromatic heterocycles. The number of carbonyl (C=O) groups is 4. The van der Waals surface area contributed by atoms with Gasteiger partial charge in [0.05, 0.1) is 55.1 Å². The summed E-state index contributed by atoms with van der Waals surface area (Å²) in [5.41, 5.74) is 10.6. The Bertz CT molecular complexity index is 1850. The number of rotatable bonds is 13. The van der Waals surface area contributed by atoms with Crippen LogP contribution >= 0.6 is 0 Å². The van der Waals surface area contributed by atoms with Crippen LogP contribution in [0.1, 0.15) is 60.9 Å². The van der Waals surface area contributed by atoms with Gasteiger partial charge in [0.15, 0.2) is 0 Å². The number of nitrogens with two attached hydrogens (primary N) is 1. The van der Waals surface area contributed by atoms with Crippen molar-refractivity contribution < 1.29 is 23.9 Å². The molecule has 0 saturated carbocycles. The Kier molecular flexibility index (Phi) is 11.6. The van der Waals surface area contributed by atoms with E-state index in [0.29, 0.717) is 18.9 Å². The summed E-state index contributed by atoms with van der Waals surface area (Å²) in [6.45, 7) is 0.983. The summed E-state index contributed by atoms with van der Waals surface area (Å²) in [5.74, 6) is 7.10. The Morgan fingerprint density at radius 3 is 2.59 bits per heavy atom. The summed E-state index contributed by atoms with van der Waals surface area (Å²) >= 11 is 0. The first kappa shape index (κ1) is 34.6. The standard InChI is InChI=1S/C35H41N9O5/c1-37-27(19-30(36)45)34(47)44-17-5-6-29(44)33-39-20-28(43-33)24-13-10-22(11-14-24)8-9-23-12-15-25-26(18-23)42-31(41-25)7-3-4-16-38-32(46)21-40-35(48)49-2/h10-15,18,20,27,29,37H,3-7,16-17,19,21H2,1-2H3,(H2,36,45)(H,38,46)(H,39,43)(H,40,48)(H,41,42). The first-order valence-electron chi connectivity index (χ1n) is 16.2. The number of amides is 4. The lowest BCUT2D eigenvalue weighted by Gasteiger charge is -2.27. The van der Waals surface area contributed by atoms with E-state index in [9.17, 15) is 19.2 Å². The van der Waals surface area contributed by atoms with Gasteiger partial charge in [0.25, 0.3) is 0 Å². The van der Waals surface area contributed by atoms with E-state index in [4.69, 9.17) is 5.73 Å². The number of methoxy groups -OCH3 is 1. The molecule has 0 bridgehead atoms. The highest BCUT2D eigenvalue weighted by molar-refractivity contribution is 5.88. The van der Waals surface area contributed by atoms with Crippen LogP contribution in [0.3, 0.4) is 0 Å². The molecular weight excluding hydrogens is 626 g/mol. The molecule has 2 unspecified atom stereocenters. The van der Waals surface area contributed by atoms with Crippen molar-refractivity contribution in [2.75, 3.05) is 33.8 Å². The summed E-state index contributed by atoms with van der Waals surface area (Å²) in [5, 5.41) is 8.01. The highest BCUT2D eigenvalue weighted by Gasteiger charge is 2.35. The average Bonchev–Trinajstić information content (AvgIpc) is 3.88.